The van der Waals surface area contributed by atoms with E-state index in [1.807, 2.05) is 0 Å². The number of nitro benzene ring substituents is 1. The van der Waals surface area contributed by atoms with Crippen LogP contribution in [0.5, 0.6) is 17.2 Å². The summed E-state index contributed by atoms with van der Waals surface area (Å²) in [6.07, 6.45) is 0. The summed E-state index contributed by atoms with van der Waals surface area (Å²) < 4.78 is 16.0. The molecule has 178 valence electrons. The Bertz CT molecular complexity index is 1350. The van der Waals surface area contributed by atoms with E-state index in [0.717, 1.165) is 12.1 Å². The zero-order valence-electron chi connectivity index (χ0n) is 18.5. The highest BCUT2D eigenvalue weighted by Crippen LogP contribution is 2.27. The molecule has 36 heavy (non-hydrogen) atoms. The molecule has 0 unspecified atom stereocenters. The van der Waals surface area contributed by atoms with E-state index in [-0.39, 0.29) is 17.2 Å². The fourth-order valence-corrected chi connectivity index (χ4v) is 3.22. The molecule has 0 aliphatic heterocycles. The second-order valence-corrected chi connectivity index (χ2v) is 7.28. The second kappa shape index (κ2) is 10.7. The molecular formula is C27H17NO8. The first-order valence-electron chi connectivity index (χ1n) is 10.6. The number of carbonyl (C=O) groups excluding carboxylic acids is 3. The van der Waals surface area contributed by atoms with Crippen LogP contribution in [0.1, 0.15) is 31.1 Å². The quantitative estimate of drug-likeness (QED) is 0.151. The number of nitro groups is 1. The van der Waals surface area contributed by atoms with Crippen molar-refractivity contribution in [2.24, 2.45) is 0 Å². The molecule has 0 bridgehead atoms. The summed E-state index contributed by atoms with van der Waals surface area (Å²) >= 11 is 0. The van der Waals surface area contributed by atoms with E-state index in [4.69, 9.17) is 14.2 Å². The molecule has 0 spiro atoms. The molecule has 0 fully saturated rings. The van der Waals surface area contributed by atoms with E-state index in [0.29, 0.717) is 0 Å². The van der Waals surface area contributed by atoms with E-state index in [1.165, 1.54) is 36.4 Å². The SMILES string of the molecule is O=C(Oc1ccccc1)c1cc([N+](=O)[O-])cc(C(=O)Oc2ccccc2)c1C(=O)Oc1ccccc1. The highest BCUT2D eigenvalue weighted by Gasteiger charge is 2.32. The van der Waals surface area contributed by atoms with Gasteiger partial charge in [0.2, 0.25) is 0 Å². The first-order valence-corrected chi connectivity index (χ1v) is 10.6. The van der Waals surface area contributed by atoms with Gasteiger partial charge in [-0.05, 0) is 36.4 Å². The van der Waals surface area contributed by atoms with Crippen molar-refractivity contribution in [2.45, 2.75) is 0 Å². The van der Waals surface area contributed by atoms with Gasteiger partial charge in [-0.3, -0.25) is 10.1 Å². The summed E-state index contributed by atoms with van der Waals surface area (Å²) in [6, 6.07) is 25.4. The van der Waals surface area contributed by atoms with Crippen molar-refractivity contribution in [1.82, 2.24) is 0 Å². The molecule has 9 nitrogen and oxygen atoms in total. The van der Waals surface area contributed by atoms with Crippen LogP contribution in [0.25, 0.3) is 0 Å². The highest BCUT2D eigenvalue weighted by atomic mass is 16.6. The maximum absolute atomic E-state index is 13.2. The molecule has 4 aromatic rings. The molecule has 0 saturated carbocycles. The normalized spacial score (nSPS) is 10.2. The molecule has 0 aromatic heterocycles. The molecule has 0 aliphatic rings. The number of esters is 3. The third-order valence-electron chi connectivity index (χ3n) is 4.84. The van der Waals surface area contributed by atoms with Crippen LogP contribution in [0.2, 0.25) is 0 Å². The van der Waals surface area contributed by atoms with Gasteiger partial charge in [0.1, 0.15) is 17.2 Å². The Morgan fingerprint density at radius 2 is 0.889 bits per heavy atom. The standard InChI is InChI=1S/C27H17NO8/c29-25(34-19-10-4-1-5-11-19)22-16-18(28(32)33)17-23(26(30)35-20-12-6-2-7-13-20)24(22)27(31)36-21-14-8-3-9-15-21/h1-17H. The summed E-state index contributed by atoms with van der Waals surface area (Å²) in [6.45, 7) is 0. The number of hydrogen-bond acceptors (Lipinski definition) is 8. The molecule has 0 N–H and O–H groups in total. The monoisotopic (exact) mass is 483 g/mol. The molecule has 0 aliphatic carbocycles. The Kier molecular flexibility index (Phi) is 7.11. The number of hydrogen-bond donors (Lipinski definition) is 0. The summed E-state index contributed by atoms with van der Waals surface area (Å²) in [5.41, 5.74) is -2.22. The lowest BCUT2D eigenvalue weighted by molar-refractivity contribution is -0.384. The minimum Gasteiger partial charge on any atom is -0.423 e. The van der Waals surface area contributed by atoms with Gasteiger partial charge in [-0.1, -0.05) is 54.6 Å². The first-order chi connectivity index (χ1) is 17.4. The zero-order chi connectivity index (χ0) is 25.5. The van der Waals surface area contributed by atoms with Crippen LogP contribution in [0.4, 0.5) is 5.69 Å². The highest BCUT2D eigenvalue weighted by molar-refractivity contribution is 6.12. The van der Waals surface area contributed by atoms with Crippen LogP contribution in [-0.2, 0) is 0 Å². The maximum atomic E-state index is 13.2. The fraction of sp³-hybridized carbons (Fsp3) is 0. The molecule has 9 heteroatoms. The smallest absolute Gasteiger partial charge is 0.345 e. The average molecular weight is 483 g/mol. The third kappa shape index (κ3) is 5.60. The molecule has 4 rings (SSSR count). The van der Waals surface area contributed by atoms with E-state index >= 15 is 0 Å². The number of carbonyl (C=O) groups is 3. The van der Waals surface area contributed by atoms with Crippen LogP contribution in [0.15, 0.2) is 103 Å². The zero-order valence-corrected chi connectivity index (χ0v) is 18.5. The summed E-state index contributed by atoms with van der Waals surface area (Å²) in [5.74, 6) is -2.91. The fourth-order valence-electron chi connectivity index (χ4n) is 3.22. The third-order valence-corrected chi connectivity index (χ3v) is 4.84. The van der Waals surface area contributed by atoms with Crippen molar-refractivity contribution in [3.63, 3.8) is 0 Å². The van der Waals surface area contributed by atoms with Crippen LogP contribution in [0, 0.1) is 10.1 Å². The number of non-ortho nitro benzene ring substituents is 1. The minimum atomic E-state index is -1.10. The van der Waals surface area contributed by atoms with Gasteiger partial charge in [0, 0.05) is 12.1 Å². The number of rotatable bonds is 7. The number of benzene rings is 4. The Morgan fingerprint density at radius 3 is 1.22 bits per heavy atom. The Balaban J connectivity index is 1.83. The lowest BCUT2D eigenvalue weighted by atomic mass is 9.99. The second-order valence-electron chi connectivity index (χ2n) is 7.28. The van der Waals surface area contributed by atoms with Gasteiger partial charge in [0.15, 0.2) is 0 Å². The largest absolute Gasteiger partial charge is 0.423 e. The van der Waals surface area contributed by atoms with Crippen LogP contribution in [-0.4, -0.2) is 22.8 Å². The van der Waals surface area contributed by atoms with E-state index in [1.54, 1.807) is 54.6 Å². The van der Waals surface area contributed by atoms with Crippen LogP contribution < -0.4 is 14.2 Å². The van der Waals surface area contributed by atoms with Crippen molar-refractivity contribution in [1.29, 1.82) is 0 Å². The van der Waals surface area contributed by atoms with Crippen molar-refractivity contribution in [2.75, 3.05) is 0 Å². The lowest BCUT2D eigenvalue weighted by Crippen LogP contribution is -2.23. The average Bonchev–Trinajstić information content (AvgIpc) is 2.89. The number of ether oxygens (including phenoxy) is 3. The van der Waals surface area contributed by atoms with Gasteiger partial charge in [-0.25, -0.2) is 14.4 Å². The van der Waals surface area contributed by atoms with E-state index in [9.17, 15) is 24.5 Å². The van der Waals surface area contributed by atoms with Crippen molar-refractivity contribution >= 4 is 23.6 Å². The van der Waals surface area contributed by atoms with Crippen LogP contribution >= 0.6 is 0 Å². The van der Waals surface area contributed by atoms with Gasteiger partial charge in [-0.15, -0.1) is 0 Å². The van der Waals surface area contributed by atoms with Gasteiger partial charge in [0.05, 0.1) is 21.6 Å². The topological polar surface area (TPSA) is 122 Å². The number of nitrogens with zero attached hydrogens (tertiary/aromatic N) is 1. The molecule has 0 radical (unpaired) electrons. The maximum Gasteiger partial charge on any atom is 0.345 e. The van der Waals surface area contributed by atoms with Crippen molar-refractivity contribution in [3.8, 4) is 17.2 Å². The lowest BCUT2D eigenvalue weighted by Gasteiger charge is -2.14. The van der Waals surface area contributed by atoms with E-state index < -0.39 is 45.2 Å². The molecule has 0 saturated heterocycles. The number of para-hydroxylation sites is 3. The van der Waals surface area contributed by atoms with Crippen molar-refractivity contribution in [3.05, 3.63) is 130 Å². The van der Waals surface area contributed by atoms with Crippen LogP contribution in [0.3, 0.4) is 0 Å². The van der Waals surface area contributed by atoms with E-state index in [2.05, 4.69) is 0 Å². The van der Waals surface area contributed by atoms with Gasteiger partial charge in [0.25, 0.3) is 5.69 Å². The Hall–Kier alpha value is -5.31. The molecule has 0 heterocycles. The Labute approximate surface area is 204 Å². The predicted molar refractivity (Wildman–Crippen MR) is 127 cm³/mol. The molecule has 0 atom stereocenters. The Morgan fingerprint density at radius 1 is 0.556 bits per heavy atom. The molecule has 0 amide bonds. The summed E-state index contributed by atoms with van der Waals surface area (Å²) in [7, 11) is 0. The molecular weight excluding hydrogens is 466 g/mol. The minimum absolute atomic E-state index is 0.129. The van der Waals surface area contributed by atoms with Gasteiger partial charge in [-0.2, -0.15) is 0 Å². The van der Waals surface area contributed by atoms with Gasteiger partial charge >= 0.3 is 17.9 Å². The summed E-state index contributed by atoms with van der Waals surface area (Å²) in [4.78, 5) is 50.3. The van der Waals surface area contributed by atoms with Gasteiger partial charge < -0.3 is 14.2 Å². The first kappa shape index (κ1) is 23.8. The van der Waals surface area contributed by atoms with Crippen molar-refractivity contribution < 1.29 is 33.5 Å². The summed E-state index contributed by atoms with van der Waals surface area (Å²) in [5, 5.41) is 11.6. The predicted octanol–water partition coefficient (Wildman–Crippen LogP) is 5.25. The molecule has 4 aromatic carbocycles.